The Morgan fingerprint density at radius 3 is 3.00 bits per heavy atom. The number of nitrogens with zero attached hydrogens (tertiary/aromatic N) is 1. The number of ether oxygens (including phenoxy) is 1. The zero-order chi connectivity index (χ0) is 12.3. The summed E-state index contributed by atoms with van der Waals surface area (Å²) in [6.45, 7) is 4.25. The summed E-state index contributed by atoms with van der Waals surface area (Å²) in [7, 11) is 0. The fourth-order valence-corrected chi connectivity index (χ4v) is 2.24. The Morgan fingerprint density at radius 2 is 2.35 bits per heavy atom. The van der Waals surface area contributed by atoms with Crippen molar-refractivity contribution in [1.82, 2.24) is 0 Å². The van der Waals surface area contributed by atoms with E-state index in [-0.39, 0.29) is 11.9 Å². The maximum absolute atomic E-state index is 13.9. The molecule has 17 heavy (non-hydrogen) atoms. The number of hydrogen-bond donors (Lipinski definition) is 0. The highest BCUT2D eigenvalue weighted by Gasteiger charge is 2.21. The average molecular weight is 258 g/mol. The highest BCUT2D eigenvalue weighted by Crippen LogP contribution is 2.23. The molecule has 0 aromatic heterocycles. The zero-order valence-electron chi connectivity index (χ0n) is 9.96. The van der Waals surface area contributed by atoms with Crippen LogP contribution in [0.4, 0.5) is 10.1 Å². The van der Waals surface area contributed by atoms with Gasteiger partial charge in [-0.3, -0.25) is 0 Å². The van der Waals surface area contributed by atoms with Crippen LogP contribution in [-0.4, -0.2) is 25.8 Å². The van der Waals surface area contributed by atoms with Gasteiger partial charge in [0.2, 0.25) is 0 Å². The van der Waals surface area contributed by atoms with Crippen LogP contribution in [0.2, 0.25) is 0 Å². The summed E-state index contributed by atoms with van der Waals surface area (Å²) in [6, 6.07) is 5.20. The molecule has 0 amide bonds. The van der Waals surface area contributed by atoms with E-state index in [0.717, 1.165) is 25.1 Å². The molecule has 0 spiro atoms. The van der Waals surface area contributed by atoms with E-state index in [9.17, 15) is 4.39 Å². The Bertz CT molecular complexity index is 386. The predicted molar refractivity (Wildman–Crippen MR) is 68.2 cm³/mol. The van der Waals surface area contributed by atoms with Crippen molar-refractivity contribution in [2.75, 3.05) is 24.6 Å². The predicted octanol–water partition coefficient (Wildman–Crippen LogP) is 3.18. The van der Waals surface area contributed by atoms with Crippen molar-refractivity contribution in [2.45, 2.75) is 25.3 Å². The molecule has 1 aromatic carbocycles. The maximum atomic E-state index is 13.9. The molecule has 0 N–H and O–H groups in total. The van der Waals surface area contributed by atoms with Crippen molar-refractivity contribution in [3.8, 4) is 0 Å². The second-order valence-corrected chi connectivity index (χ2v) is 4.53. The molecule has 1 fully saturated rings. The molecule has 2 rings (SSSR count). The van der Waals surface area contributed by atoms with Crippen LogP contribution in [0.1, 0.15) is 18.9 Å². The molecule has 1 aliphatic heterocycles. The van der Waals surface area contributed by atoms with E-state index in [2.05, 4.69) is 6.92 Å². The molecule has 1 aromatic rings. The Kier molecular flexibility index (Phi) is 4.24. The Morgan fingerprint density at radius 1 is 1.53 bits per heavy atom. The van der Waals surface area contributed by atoms with Crippen LogP contribution in [0, 0.1) is 5.82 Å². The zero-order valence-corrected chi connectivity index (χ0v) is 10.7. The number of halogens is 2. The van der Waals surface area contributed by atoms with Crippen LogP contribution in [0.3, 0.4) is 0 Å². The number of hydrogen-bond acceptors (Lipinski definition) is 2. The maximum Gasteiger partial charge on any atom is 0.146 e. The number of benzene rings is 1. The smallest absolute Gasteiger partial charge is 0.146 e. The average Bonchev–Trinajstić information content (AvgIpc) is 2.38. The van der Waals surface area contributed by atoms with Gasteiger partial charge in [0.1, 0.15) is 5.82 Å². The molecule has 1 unspecified atom stereocenters. The monoisotopic (exact) mass is 257 g/mol. The molecule has 0 bridgehead atoms. The summed E-state index contributed by atoms with van der Waals surface area (Å²) < 4.78 is 19.5. The van der Waals surface area contributed by atoms with Crippen LogP contribution in [0.15, 0.2) is 18.2 Å². The SMILES string of the molecule is CCC1CN(c2ccc(CCl)cc2F)CCO1. The van der Waals surface area contributed by atoms with E-state index < -0.39 is 0 Å². The molecule has 2 nitrogen and oxygen atoms in total. The summed E-state index contributed by atoms with van der Waals surface area (Å²) in [5, 5.41) is 0. The van der Waals surface area contributed by atoms with Gasteiger partial charge in [-0.2, -0.15) is 0 Å². The third-order valence-corrected chi connectivity index (χ3v) is 3.41. The molecule has 0 aliphatic carbocycles. The Labute approximate surface area is 106 Å². The first-order valence-electron chi connectivity index (χ1n) is 5.95. The van der Waals surface area contributed by atoms with E-state index in [4.69, 9.17) is 16.3 Å². The van der Waals surface area contributed by atoms with Gasteiger partial charge in [0.05, 0.1) is 18.4 Å². The fraction of sp³-hybridized carbons (Fsp3) is 0.538. The van der Waals surface area contributed by atoms with E-state index in [1.54, 1.807) is 0 Å². The normalized spacial score (nSPS) is 20.6. The summed E-state index contributed by atoms with van der Waals surface area (Å²) in [5.41, 5.74) is 1.47. The van der Waals surface area contributed by atoms with Gasteiger partial charge in [-0.15, -0.1) is 11.6 Å². The minimum atomic E-state index is -0.195. The minimum absolute atomic E-state index is 0.195. The lowest BCUT2D eigenvalue weighted by Gasteiger charge is -2.34. The van der Waals surface area contributed by atoms with E-state index in [1.165, 1.54) is 6.07 Å². The molecular formula is C13H17ClFNO. The van der Waals surface area contributed by atoms with Crippen LogP contribution >= 0.6 is 11.6 Å². The lowest BCUT2D eigenvalue weighted by molar-refractivity contribution is 0.0382. The Hall–Kier alpha value is -0.800. The molecule has 1 saturated heterocycles. The van der Waals surface area contributed by atoms with Gasteiger partial charge in [-0.05, 0) is 24.1 Å². The molecule has 1 aliphatic rings. The summed E-state index contributed by atoms with van der Waals surface area (Å²) in [5.74, 6) is 0.151. The van der Waals surface area contributed by atoms with Crippen LogP contribution in [0.5, 0.6) is 0 Å². The molecule has 0 saturated carbocycles. The van der Waals surface area contributed by atoms with Gasteiger partial charge in [0.15, 0.2) is 0 Å². The highest BCUT2D eigenvalue weighted by atomic mass is 35.5. The molecular weight excluding hydrogens is 241 g/mol. The van der Waals surface area contributed by atoms with Gasteiger partial charge >= 0.3 is 0 Å². The van der Waals surface area contributed by atoms with Gasteiger partial charge < -0.3 is 9.64 Å². The van der Waals surface area contributed by atoms with E-state index >= 15 is 0 Å². The van der Waals surface area contributed by atoms with Crippen molar-refractivity contribution < 1.29 is 9.13 Å². The van der Waals surface area contributed by atoms with Crippen molar-refractivity contribution in [3.63, 3.8) is 0 Å². The topological polar surface area (TPSA) is 12.5 Å². The molecule has 4 heteroatoms. The van der Waals surface area contributed by atoms with Crippen LogP contribution < -0.4 is 4.90 Å². The third kappa shape index (κ3) is 2.90. The third-order valence-electron chi connectivity index (χ3n) is 3.10. The van der Waals surface area contributed by atoms with Gasteiger partial charge in [-0.25, -0.2) is 4.39 Å². The first kappa shape index (κ1) is 12.7. The number of alkyl halides is 1. The highest BCUT2D eigenvalue weighted by molar-refractivity contribution is 6.17. The van der Waals surface area contributed by atoms with Crippen molar-refractivity contribution in [2.24, 2.45) is 0 Å². The standard InChI is InChI=1S/C13H17ClFNO/c1-2-11-9-16(5-6-17-11)13-4-3-10(8-14)7-12(13)15/h3-4,7,11H,2,5-6,8-9H2,1H3. The van der Waals surface area contributed by atoms with Gasteiger partial charge in [0, 0.05) is 19.0 Å². The van der Waals surface area contributed by atoms with Crippen LogP contribution in [-0.2, 0) is 10.6 Å². The number of rotatable bonds is 3. The summed E-state index contributed by atoms with van der Waals surface area (Å²) in [6.07, 6.45) is 1.16. The second kappa shape index (κ2) is 5.69. The van der Waals surface area contributed by atoms with E-state index in [0.29, 0.717) is 18.2 Å². The van der Waals surface area contributed by atoms with Crippen molar-refractivity contribution in [1.29, 1.82) is 0 Å². The Balaban J connectivity index is 2.16. The largest absolute Gasteiger partial charge is 0.375 e. The van der Waals surface area contributed by atoms with E-state index in [1.807, 2.05) is 17.0 Å². The first-order valence-corrected chi connectivity index (χ1v) is 6.49. The first-order chi connectivity index (χ1) is 8.24. The lowest BCUT2D eigenvalue weighted by Crippen LogP contribution is -2.42. The van der Waals surface area contributed by atoms with Gasteiger partial charge in [-0.1, -0.05) is 13.0 Å². The van der Waals surface area contributed by atoms with Gasteiger partial charge in [0.25, 0.3) is 0 Å². The minimum Gasteiger partial charge on any atom is -0.375 e. The molecule has 1 atom stereocenters. The quantitative estimate of drug-likeness (QED) is 0.771. The molecule has 0 radical (unpaired) electrons. The molecule has 94 valence electrons. The summed E-state index contributed by atoms with van der Waals surface area (Å²) in [4.78, 5) is 2.05. The molecule has 1 heterocycles. The number of morpholine rings is 1. The van der Waals surface area contributed by atoms with Crippen molar-refractivity contribution in [3.05, 3.63) is 29.6 Å². The van der Waals surface area contributed by atoms with Crippen LogP contribution in [0.25, 0.3) is 0 Å². The lowest BCUT2D eigenvalue weighted by atomic mass is 10.1. The second-order valence-electron chi connectivity index (χ2n) is 4.27. The summed E-state index contributed by atoms with van der Waals surface area (Å²) >= 11 is 5.68. The van der Waals surface area contributed by atoms with Crippen molar-refractivity contribution >= 4 is 17.3 Å². The number of anilines is 1. The fourth-order valence-electron chi connectivity index (χ4n) is 2.08.